The second-order valence-corrected chi connectivity index (χ2v) is 4.18. The third-order valence-electron chi connectivity index (χ3n) is 1.73. The molecule has 0 aliphatic rings. The van der Waals surface area contributed by atoms with Crippen LogP contribution in [0.3, 0.4) is 0 Å². The molecule has 0 fully saturated rings. The zero-order valence-corrected chi connectivity index (χ0v) is 7.92. The van der Waals surface area contributed by atoms with E-state index in [-0.39, 0.29) is 5.82 Å². The van der Waals surface area contributed by atoms with Gasteiger partial charge in [-0.1, -0.05) is 11.6 Å². The van der Waals surface area contributed by atoms with Crippen molar-refractivity contribution in [2.24, 2.45) is 0 Å². The highest BCUT2D eigenvalue weighted by molar-refractivity contribution is 7.22. The molecule has 0 unspecified atom stereocenters. The van der Waals surface area contributed by atoms with Gasteiger partial charge in [-0.25, -0.2) is 4.39 Å². The van der Waals surface area contributed by atoms with E-state index in [0.29, 0.717) is 20.0 Å². The molecule has 1 nitrogen and oxygen atoms in total. The SMILES string of the molecule is N#Cc1ccc(F)c2sc(Cl)cc12. The Morgan fingerprint density at radius 3 is 2.92 bits per heavy atom. The third-order valence-corrected chi connectivity index (χ3v) is 3.00. The molecule has 0 N–H and O–H groups in total. The van der Waals surface area contributed by atoms with Crippen molar-refractivity contribution in [3.05, 3.63) is 33.9 Å². The number of nitrogens with zero attached hydrogens (tertiary/aromatic N) is 1. The van der Waals surface area contributed by atoms with Crippen molar-refractivity contribution in [3.8, 4) is 6.07 Å². The average molecular weight is 212 g/mol. The third kappa shape index (κ3) is 1.28. The van der Waals surface area contributed by atoms with E-state index in [1.54, 1.807) is 6.07 Å². The van der Waals surface area contributed by atoms with Crippen molar-refractivity contribution >= 4 is 33.0 Å². The topological polar surface area (TPSA) is 23.8 Å². The first-order chi connectivity index (χ1) is 6.22. The quantitative estimate of drug-likeness (QED) is 0.654. The van der Waals surface area contributed by atoms with Gasteiger partial charge in [0.2, 0.25) is 0 Å². The lowest BCUT2D eigenvalue weighted by Crippen LogP contribution is -1.78. The predicted octanol–water partition coefficient (Wildman–Crippen LogP) is 3.57. The van der Waals surface area contributed by atoms with Crippen LogP contribution in [0.15, 0.2) is 18.2 Å². The molecule has 2 aromatic rings. The molecule has 4 heteroatoms. The largest absolute Gasteiger partial charge is 0.205 e. The lowest BCUT2D eigenvalue weighted by molar-refractivity contribution is 0.641. The number of fused-ring (bicyclic) bond motifs is 1. The summed E-state index contributed by atoms with van der Waals surface area (Å²) >= 11 is 6.87. The smallest absolute Gasteiger partial charge is 0.141 e. The Bertz CT molecular complexity index is 512. The van der Waals surface area contributed by atoms with E-state index >= 15 is 0 Å². The minimum atomic E-state index is -0.328. The molecule has 1 heterocycles. The fourth-order valence-corrected chi connectivity index (χ4v) is 2.31. The van der Waals surface area contributed by atoms with Gasteiger partial charge in [0.1, 0.15) is 5.82 Å². The zero-order valence-electron chi connectivity index (χ0n) is 6.34. The van der Waals surface area contributed by atoms with Crippen LogP contribution in [0.25, 0.3) is 10.1 Å². The Hall–Kier alpha value is -1.11. The highest BCUT2D eigenvalue weighted by atomic mass is 35.5. The predicted molar refractivity (Wildman–Crippen MR) is 51.5 cm³/mol. The van der Waals surface area contributed by atoms with Crippen LogP contribution >= 0.6 is 22.9 Å². The van der Waals surface area contributed by atoms with Crippen molar-refractivity contribution in [2.45, 2.75) is 0 Å². The molecule has 0 saturated heterocycles. The number of hydrogen-bond acceptors (Lipinski definition) is 2. The molecule has 0 aliphatic heterocycles. The van der Waals surface area contributed by atoms with Crippen LogP contribution < -0.4 is 0 Å². The lowest BCUT2D eigenvalue weighted by atomic mass is 10.1. The molecule has 0 bridgehead atoms. The fourth-order valence-electron chi connectivity index (χ4n) is 1.16. The van der Waals surface area contributed by atoms with Gasteiger partial charge in [-0.15, -0.1) is 11.3 Å². The molecule has 0 radical (unpaired) electrons. The van der Waals surface area contributed by atoms with Crippen LogP contribution in [-0.4, -0.2) is 0 Å². The number of rotatable bonds is 0. The van der Waals surface area contributed by atoms with E-state index < -0.39 is 0 Å². The normalized spacial score (nSPS) is 10.2. The molecular weight excluding hydrogens is 209 g/mol. The molecule has 0 amide bonds. The van der Waals surface area contributed by atoms with Crippen LogP contribution in [0.2, 0.25) is 4.34 Å². The van der Waals surface area contributed by atoms with Crippen molar-refractivity contribution < 1.29 is 4.39 Å². The first-order valence-electron chi connectivity index (χ1n) is 3.50. The summed E-state index contributed by atoms with van der Waals surface area (Å²) in [6, 6.07) is 6.35. The molecular formula is C9H3ClFNS. The second-order valence-electron chi connectivity index (χ2n) is 2.50. The fraction of sp³-hybridized carbons (Fsp3) is 0. The molecule has 0 aliphatic carbocycles. The van der Waals surface area contributed by atoms with Crippen LogP contribution in [0.5, 0.6) is 0 Å². The zero-order chi connectivity index (χ0) is 9.42. The van der Waals surface area contributed by atoms with E-state index in [1.807, 2.05) is 6.07 Å². The van der Waals surface area contributed by atoms with Crippen LogP contribution in [0.1, 0.15) is 5.56 Å². The molecule has 0 saturated carbocycles. The minimum absolute atomic E-state index is 0.328. The first-order valence-corrected chi connectivity index (χ1v) is 4.69. The highest BCUT2D eigenvalue weighted by Gasteiger charge is 2.08. The molecule has 0 atom stereocenters. The Balaban J connectivity index is 2.94. The van der Waals surface area contributed by atoms with Gasteiger partial charge < -0.3 is 0 Å². The van der Waals surface area contributed by atoms with Gasteiger partial charge in [0.05, 0.1) is 20.7 Å². The Labute approximate surface area is 83.0 Å². The molecule has 2 rings (SSSR count). The maximum absolute atomic E-state index is 13.2. The number of thiophene rings is 1. The molecule has 1 aromatic carbocycles. The van der Waals surface area contributed by atoms with Crippen molar-refractivity contribution in [1.82, 2.24) is 0 Å². The van der Waals surface area contributed by atoms with E-state index in [9.17, 15) is 4.39 Å². The summed E-state index contributed by atoms with van der Waals surface area (Å²) in [5.74, 6) is -0.328. The van der Waals surface area contributed by atoms with E-state index in [4.69, 9.17) is 16.9 Å². The summed E-state index contributed by atoms with van der Waals surface area (Å²) in [6.07, 6.45) is 0. The Morgan fingerprint density at radius 2 is 2.23 bits per heavy atom. The van der Waals surface area contributed by atoms with Gasteiger partial charge in [-0.05, 0) is 18.2 Å². The first kappa shape index (κ1) is 8.49. The van der Waals surface area contributed by atoms with Gasteiger partial charge in [0, 0.05) is 5.39 Å². The summed E-state index contributed by atoms with van der Waals surface area (Å²) in [5.41, 5.74) is 0.458. The number of hydrogen-bond donors (Lipinski definition) is 0. The highest BCUT2D eigenvalue weighted by Crippen LogP contribution is 2.33. The van der Waals surface area contributed by atoms with Crippen LogP contribution in [0.4, 0.5) is 4.39 Å². The molecule has 13 heavy (non-hydrogen) atoms. The average Bonchev–Trinajstić information content (AvgIpc) is 2.48. The van der Waals surface area contributed by atoms with Gasteiger partial charge in [0.25, 0.3) is 0 Å². The van der Waals surface area contributed by atoms with Crippen LogP contribution in [-0.2, 0) is 0 Å². The van der Waals surface area contributed by atoms with Crippen molar-refractivity contribution in [2.75, 3.05) is 0 Å². The van der Waals surface area contributed by atoms with Crippen molar-refractivity contribution in [3.63, 3.8) is 0 Å². The molecule has 64 valence electrons. The number of benzene rings is 1. The number of nitriles is 1. The number of halogens is 2. The summed E-state index contributed by atoms with van der Waals surface area (Å²) in [7, 11) is 0. The monoisotopic (exact) mass is 211 g/mol. The van der Waals surface area contributed by atoms with Gasteiger partial charge >= 0.3 is 0 Å². The van der Waals surface area contributed by atoms with E-state index in [0.717, 1.165) is 11.3 Å². The maximum atomic E-state index is 13.2. The van der Waals surface area contributed by atoms with Gasteiger partial charge in [-0.2, -0.15) is 5.26 Å². The summed E-state index contributed by atoms with van der Waals surface area (Å²) in [6.45, 7) is 0. The Morgan fingerprint density at radius 1 is 1.46 bits per heavy atom. The lowest BCUT2D eigenvalue weighted by Gasteiger charge is -1.92. The molecule has 0 spiro atoms. The van der Waals surface area contributed by atoms with Gasteiger partial charge in [-0.3, -0.25) is 0 Å². The second kappa shape index (κ2) is 2.99. The minimum Gasteiger partial charge on any atom is -0.205 e. The van der Waals surface area contributed by atoms with E-state index in [1.165, 1.54) is 12.1 Å². The maximum Gasteiger partial charge on any atom is 0.141 e. The van der Waals surface area contributed by atoms with Crippen molar-refractivity contribution in [1.29, 1.82) is 5.26 Å². The Kier molecular flexibility index (Phi) is 1.95. The van der Waals surface area contributed by atoms with Gasteiger partial charge in [0.15, 0.2) is 0 Å². The van der Waals surface area contributed by atoms with Crippen LogP contribution in [0, 0.1) is 17.1 Å². The van der Waals surface area contributed by atoms with E-state index in [2.05, 4.69) is 0 Å². The molecule has 1 aromatic heterocycles. The summed E-state index contributed by atoms with van der Waals surface area (Å²) in [4.78, 5) is 0. The summed E-state index contributed by atoms with van der Waals surface area (Å²) in [5, 5.41) is 9.32. The summed E-state index contributed by atoms with van der Waals surface area (Å²) < 4.78 is 14.1. The standard InChI is InChI=1S/C9H3ClFNS/c10-8-3-6-5(4-12)1-2-7(11)9(6)13-8/h1-3H.